The number of hydrogen-bond donors (Lipinski definition) is 0. The van der Waals surface area contributed by atoms with Crippen LogP contribution in [0, 0.1) is 0 Å². The number of nitrogens with zero attached hydrogens (tertiary/aromatic N) is 3. The van der Waals surface area contributed by atoms with Crippen molar-refractivity contribution in [2.75, 3.05) is 18.1 Å². The van der Waals surface area contributed by atoms with Gasteiger partial charge in [-0.1, -0.05) is 0 Å². The molecule has 2 aliphatic rings. The lowest BCUT2D eigenvalue weighted by molar-refractivity contribution is -0.141. The van der Waals surface area contributed by atoms with Gasteiger partial charge in [0.2, 0.25) is 5.95 Å². The molecule has 0 amide bonds. The molecule has 17 heavy (non-hydrogen) atoms. The second-order valence-corrected chi connectivity index (χ2v) is 4.24. The number of hydrogen-bond acceptors (Lipinski definition) is 4. The summed E-state index contributed by atoms with van der Waals surface area (Å²) < 4.78 is 42.9. The van der Waals surface area contributed by atoms with E-state index in [0.717, 1.165) is 18.7 Å². The zero-order valence-electron chi connectivity index (χ0n) is 8.81. The third kappa shape index (κ3) is 1.84. The molecule has 0 radical (unpaired) electrons. The Hall–Kier alpha value is -1.37. The fourth-order valence-corrected chi connectivity index (χ4v) is 2.29. The van der Waals surface area contributed by atoms with Gasteiger partial charge in [0, 0.05) is 12.7 Å². The van der Waals surface area contributed by atoms with E-state index in [-0.39, 0.29) is 18.1 Å². The molecule has 2 atom stereocenters. The van der Waals surface area contributed by atoms with E-state index >= 15 is 0 Å². The van der Waals surface area contributed by atoms with E-state index in [2.05, 4.69) is 9.97 Å². The van der Waals surface area contributed by atoms with Gasteiger partial charge in [-0.15, -0.1) is 0 Å². The normalized spacial score (nSPS) is 27.8. The first kappa shape index (κ1) is 10.8. The molecule has 3 rings (SSSR count). The minimum absolute atomic E-state index is 0.109. The van der Waals surface area contributed by atoms with E-state index in [0.29, 0.717) is 13.2 Å². The van der Waals surface area contributed by atoms with Crippen LogP contribution in [0.3, 0.4) is 0 Å². The van der Waals surface area contributed by atoms with Crippen LogP contribution < -0.4 is 4.90 Å². The minimum Gasteiger partial charge on any atom is -0.374 e. The smallest absolute Gasteiger partial charge is 0.374 e. The summed E-state index contributed by atoms with van der Waals surface area (Å²) in [6.45, 7) is 1.12. The molecular weight excluding hydrogens is 235 g/mol. The van der Waals surface area contributed by atoms with Gasteiger partial charge in [0.25, 0.3) is 0 Å². The van der Waals surface area contributed by atoms with E-state index in [1.54, 1.807) is 4.90 Å². The molecule has 2 aliphatic heterocycles. The molecule has 0 N–H and O–H groups in total. The van der Waals surface area contributed by atoms with E-state index in [1.165, 1.54) is 0 Å². The second kappa shape index (κ2) is 3.56. The summed E-state index contributed by atoms with van der Waals surface area (Å²) in [7, 11) is 0. The third-order valence-corrected chi connectivity index (χ3v) is 3.09. The Morgan fingerprint density at radius 3 is 2.82 bits per heavy atom. The van der Waals surface area contributed by atoms with Gasteiger partial charge >= 0.3 is 6.18 Å². The van der Waals surface area contributed by atoms with Crippen LogP contribution in [0.25, 0.3) is 0 Å². The SMILES string of the molecule is FC(F)(F)c1ccnc(N2C[C@H]3C[C@H]2CO3)n1. The van der Waals surface area contributed by atoms with Crippen LogP contribution in [0.4, 0.5) is 19.1 Å². The predicted octanol–water partition coefficient (Wildman–Crippen LogP) is 1.47. The summed E-state index contributed by atoms with van der Waals surface area (Å²) in [6, 6.07) is 0.998. The third-order valence-electron chi connectivity index (χ3n) is 3.09. The Morgan fingerprint density at radius 1 is 1.41 bits per heavy atom. The van der Waals surface area contributed by atoms with Crippen molar-refractivity contribution < 1.29 is 17.9 Å². The maximum absolute atomic E-state index is 12.5. The van der Waals surface area contributed by atoms with Crippen LogP contribution in [0.5, 0.6) is 0 Å². The van der Waals surface area contributed by atoms with Crippen LogP contribution in [0.2, 0.25) is 0 Å². The molecule has 0 saturated carbocycles. The van der Waals surface area contributed by atoms with Crippen LogP contribution in [0.1, 0.15) is 12.1 Å². The molecule has 4 nitrogen and oxygen atoms in total. The average Bonchev–Trinajstić information content (AvgIpc) is 2.89. The van der Waals surface area contributed by atoms with Gasteiger partial charge in [0.05, 0.1) is 18.8 Å². The van der Waals surface area contributed by atoms with Crippen molar-refractivity contribution in [1.29, 1.82) is 0 Å². The molecule has 0 aromatic carbocycles. The van der Waals surface area contributed by atoms with Gasteiger partial charge in [0.1, 0.15) is 5.69 Å². The van der Waals surface area contributed by atoms with Crippen molar-refractivity contribution in [1.82, 2.24) is 9.97 Å². The number of halogens is 3. The largest absolute Gasteiger partial charge is 0.433 e. The summed E-state index contributed by atoms with van der Waals surface area (Å²) in [4.78, 5) is 9.29. The summed E-state index contributed by atoms with van der Waals surface area (Å²) >= 11 is 0. The molecule has 7 heteroatoms. The molecule has 92 valence electrons. The van der Waals surface area contributed by atoms with Gasteiger partial charge in [-0.3, -0.25) is 0 Å². The first-order valence-corrected chi connectivity index (χ1v) is 5.32. The van der Waals surface area contributed by atoms with E-state index in [4.69, 9.17) is 4.74 Å². The standard InChI is InChI=1S/C10H10F3N3O/c11-10(12,13)8-1-2-14-9(15-8)16-4-7-3-6(16)5-17-7/h1-2,6-7H,3-5H2/t6-,7+/m0/s1. The summed E-state index contributed by atoms with van der Waals surface area (Å²) in [5.41, 5.74) is -0.897. The van der Waals surface area contributed by atoms with E-state index in [9.17, 15) is 13.2 Å². The molecule has 2 saturated heterocycles. The number of alkyl halides is 3. The van der Waals surface area contributed by atoms with Gasteiger partial charge in [-0.05, 0) is 12.5 Å². The molecule has 0 spiro atoms. The molecule has 0 unspecified atom stereocenters. The molecule has 0 aliphatic carbocycles. The van der Waals surface area contributed by atoms with Crippen molar-refractivity contribution in [3.63, 3.8) is 0 Å². The molecule has 2 fully saturated rings. The predicted molar refractivity (Wildman–Crippen MR) is 52.5 cm³/mol. The highest BCUT2D eigenvalue weighted by atomic mass is 19.4. The quantitative estimate of drug-likeness (QED) is 0.751. The van der Waals surface area contributed by atoms with Crippen molar-refractivity contribution in [2.24, 2.45) is 0 Å². The highest BCUT2D eigenvalue weighted by Gasteiger charge is 2.41. The first-order valence-electron chi connectivity index (χ1n) is 5.32. The van der Waals surface area contributed by atoms with E-state index in [1.807, 2.05) is 0 Å². The van der Waals surface area contributed by atoms with Crippen LogP contribution >= 0.6 is 0 Å². The maximum atomic E-state index is 12.5. The molecule has 1 aromatic heterocycles. The van der Waals surface area contributed by atoms with Gasteiger partial charge in [-0.25, -0.2) is 9.97 Å². The lowest BCUT2D eigenvalue weighted by atomic mass is 10.2. The number of morpholine rings is 1. The lowest BCUT2D eigenvalue weighted by Gasteiger charge is -2.26. The highest BCUT2D eigenvalue weighted by Crippen LogP contribution is 2.32. The Kier molecular flexibility index (Phi) is 2.25. The monoisotopic (exact) mass is 245 g/mol. The number of rotatable bonds is 1. The Labute approximate surface area is 95.4 Å². The summed E-state index contributed by atoms with van der Waals surface area (Å²) in [5, 5.41) is 0. The van der Waals surface area contributed by atoms with Crippen molar-refractivity contribution in [2.45, 2.75) is 24.7 Å². The van der Waals surface area contributed by atoms with Gasteiger partial charge in [0.15, 0.2) is 0 Å². The van der Waals surface area contributed by atoms with Crippen LogP contribution in [-0.2, 0) is 10.9 Å². The van der Waals surface area contributed by atoms with Gasteiger partial charge < -0.3 is 9.64 Å². The molecule has 3 heterocycles. The number of ether oxygens (including phenoxy) is 1. The Bertz CT molecular complexity index is 437. The molecule has 1 aromatic rings. The zero-order valence-corrected chi connectivity index (χ0v) is 8.81. The fraction of sp³-hybridized carbons (Fsp3) is 0.600. The average molecular weight is 245 g/mol. The highest BCUT2D eigenvalue weighted by molar-refractivity contribution is 5.36. The summed E-state index contributed by atoms with van der Waals surface area (Å²) in [6.07, 6.45) is -2.32. The van der Waals surface area contributed by atoms with Crippen molar-refractivity contribution >= 4 is 5.95 Å². The maximum Gasteiger partial charge on any atom is 0.433 e. The van der Waals surface area contributed by atoms with Crippen molar-refractivity contribution in [3.8, 4) is 0 Å². The number of anilines is 1. The van der Waals surface area contributed by atoms with E-state index < -0.39 is 11.9 Å². The topological polar surface area (TPSA) is 38.2 Å². The fourth-order valence-electron chi connectivity index (χ4n) is 2.29. The van der Waals surface area contributed by atoms with Gasteiger partial charge in [-0.2, -0.15) is 13.2 Å². The van der Waals surface area contributed by atoms with Crippen molar-refractivity contribution in [3.05, 3.63) is 18.0 Å². The lowest BCUT2D eigenvalue weighted by Crippen LogP contribution is -2.38. The molecule has 2 bridgehead atoms. The minimum atomic E-state index is -4.42. The van der Waals surface area contributed by atoms with Crippen LogP contribution in [0.15, 0.2) is 12.3 Å². The number of aromatic nitrogens is 2. The second-order valence-electron chi connectivity index (χ2n) is 4.24. The molecular formula is C10H10F3N3O. The first-order chi connectivity index (χ1) is 8.04. The zero-order chi connectivity index (χ0) is 12.0. The van der Waals surface area contributed by atoms with Crippen LogP contribution in [-0.4, -0.2) is 35.3 Å². The Morgan fingerprint density at radius 2 is 2.24 bits per heavy atom. The summed E-state index contributed by atoms with van der Waals surface area (Å²) in [5.74, 6) is 0.149. The number of fused-ring (bicyclic) bond motifs is 2. The Balaban J connectivity index is 1.89.